The number of allylic oxidation sites excluding steroid dienone is 4. The van der Waals surface area contributed by atoms with Gasteiger partial charge in [-0.2, -0.15) is 0 Å². The number of carbonyl (C=O) groups is 2. The molecule has 1 unspecified atom stereocenters. The van der Waals surface area contributed by atoms with Gasteiger partial charge in [0.1, 0.15) is 6.61 Å². The average Bonchev–Trinajstić information content (AvgIpc) is 3.05. The van der Waals surface area contributed by atoms with Crippen LogP contribution in [0, 0.1) is 0 Å². The van der Waals surface area contributed by atoms with Crippen molar-refractivity contribution in [1.82, 2.24) is 0 Å². The highest BCUT2D eigenvalue weighted by Crippen LogP contribution is 2.43. The van der Waals surface area contributed by atoms with Crippen molar-refractivity contribution in [1.29, 1.82) is 0 Å². The zero-order valence-electron chi connectivity index (χ0n) is 30.0. The quantitative estimate of drug-likeness (QED) is 0.0289. The summed E-state index contributed by atoms with van der Waals surface area (Å²) < 4.78 is 32.6. The van der Waals surface area contributed by atoms with Crippen LogP contribution in [0.2, 0.25) is 0 Å². The summed E-state index contributed by atoms with van der Waals surface area (Å²) in [6.07, 6.45) is 33.5. The lowest BCUT2D eigenvalue weighted by Crippen LogP contribution is -2.29. The molecule has 0 aromatic rings. The third-order valence-corrected chi connectivity index (χ3v) is 8.79. The molecule has 0 aliphatic heterocycles. The van der Waals surface area contributed by atoms with Gasteiger partial charge < -0.3 is 20.1 Å². The van der Waals surface area contributed by atoms with Crippen molar-refractivity contribution in [3.8, 4) is 0 Å². The minimum Gasteiger partial charge on any atom is -0.462 e. The minimum absolute atomic E-state index is 0.0516. The molecule has 0 aromatic heterocycles. The van der Waals surface area contributed by atoms with E-state index in [9.17, 15) is 19.0 Å². The molecule has 0 aromatic carbocycles. The Morgan fingerprint density at radius 2 is 1.04 bits per heavy atom. The molecule has 0 bridgehead atoms. The summed E-state index contributed by atoms with van der Waals surface area (Å²) in [5, 5.41) is 0. The Balaban J connectivity index is 4.26. The summed E-state index contributed by atoms with van der Waals surface area (Å²) in [7, 11) is -4.37. The Kier molecular flexibility index (Phi) is 33.3. The van der Waals surface area contributed by atoms with Crippen LogP contribution in [0.1, 0.15) is 168 Å². The van der Waals surface area contributed by atoms with Gasteiger partial charge in [0, 0.05) is 19.4 Å². The van der Waals surface area contributed by atoms with E-state index in [0.29, 0.717) is 6.42 Å². The molecule has 10 heteroatoms. The lowest BCUT2D eigenvalue weighted by molar-refractivity contribution is -0.161. The van der Waals surface area contributed by atoms with Gasteiger partial charge in [0.05, 0.1) is 13.2 Å². The molecule has 47 heavy (non-hydrogen) atoms. The fourth-order valence-electron chi connectivity index (χ4n) is 4.97. The summed E-state index contributed by atoms with van der Waals surface area (Å²) >= 11 is 0. The van der Waals surface area contributed by atoms with Crippen LogP contribution in [0.15, 0.2) is 24.3 Å². The third kappa shape index (κ3) is 34.2. The van der Waals surface area contributed by atoms with Crippen LogP contribution >= 0.6 is 7.82 Å². The zero-order valence-corrected chi connectivity index (χ0v) is 30.9. The number of phosphoric ester groups is 1. The first-order valence-corrected chi connectivity index (χ1v) is 20.3. The van der Waals surface area contributed by atoms with E-state index in [2.05, 4.69) is 38.2 Å². The van der Waals surface area contributed by atoms with Crippen LogP contribution in [-0.2, 0) is 32.7 Å². The van der Waals surface area contributed by atoms with Crippen molar-refractivity contribution in [2.75, 3.05) is 26.4 Å². The van der Waals surface area contributed by atoms with Gasteiger partial charge in [-0.1, -0.05) is 115 Å². The van der Waals surface area contributed by atoms with Crippen LogP contribution in [0.25, 0.3) is 0 Å². The third-order valence-electron chi connectivity index (χ3n) is 7.81. The monoisotopic (exact) mass is 687 g/mol. The highest BCUT2D eigenvalue weighted by Gasteiger charge is 2.25. The summed E-state index contributed by atoms with van der Waals surface area (Å²) in [5.41, 5.74) is 5.32. The summed E-state index contributed by atoms with van der Waals surface area (Å²) in [5.74, 6) is -0.850. The van der Waals surface area contributed by atoms with Gasteiger partial charge in [0.2, 0.25) is 0 Å². The molecular weight excluding hydrogens is 617 g/mol. The standard InChI is InChI=1S/C37H70NO8P/c1-3-5-7-9-11-13-15-17-18-20-22-24-26-28-30-37(40)46-35(34-45-47(41,42)44-32-31-38)33-43-36(39)29-27-25-23-21-19-16-14-12-10-8-6-4-2/h12,14-15,17,35H,3-11,13,16,18-34,38H2,1-2H3,(H,41,42)/b14-12-,17-15-/t35-/m1/s1. The molecule has 3 N–H and O–H groups in total. The van der Waals surface area contributed by atoms with Gasteiger partial charge in [-0.25, -0.2) is 4.57 Å². The fourth-order valence-corrected chi connectivity index (χ4v) is 5.74. The van der Waals surface area contributed by atoms with E-state index in [4.69, 9.17) is 24.3 Å². The maximum atomic E-state index is 12.5. The van der Waals surface area contributed by atoms with Crippen molar-refractivity contribution >= 4 is 19.8 Å². The predicted molar refractivity (Wildman–Crippen MR) is 192 cm³/mol. The minimum atomic E-state index is -4.37. The van der Waals surface area contributed by atoms with Crippen molar-refractivity contribution in [2.45, 2.75) is 174 Å². The molecule has 0 aliphatic rings. The Hall–Kier alpha value is -1.51. The van der Waals surface area contributed by atoms with Crippen molar-refractivity contribution < 1.29 is 37.6 Å². The molecule has 2 atom stereocenters. The van der Waals surface area contributed by atoms with Crippen LogP contribution in [0.3, 0.4) is 0 Å². The number of carbonyl (C=O) groups excluding carboxylic acids is 2. The van der Waals surface area contributed by atoms with Crippen LogP contribution < -0.4 is 5.73 Å². The number of esters is 2. The zero-order chi connectivity index (χ0) is 34.7. The van der Waals surface area contributed by atoms with Crippen LogP contribution in [0.5, 0.6) is 0 Å². The molecule has 0 saturated heterocycles. The van der Waals surface area contributed by atoms with Gasteiger partial charge in [-0.15, -0.1) is 0 Å². The van der Waals surface area contributed by atoms with E-state index >= 15 is 0 Å². The van der Waals surface area contributed by atoms with E-state index in [1.165, 1.54) is 64.2 Å². The lowest BCUT2D eigenvalue weighted by Gasteiger charge is -2.19. The Morgan fingerprint density at radius 1 is 0.617 bits per heavy atom. The van der Waals surface area contributed by atoms with Crippen LogP contribution in [0.4, 0.5) is 0 Å². The number of phosphoric acid groups is 1. The summed E-state index contributed by atoms with van der Waals surface area (Å²) in [4.78, 5) is 34.6. The number of hydrogen-bond acceptors (Lipinski definition) is 8. The summed E-state index contributed by atoms with van der Waals surface area (Å²) in [6, 6.07) is 0. The average molecular weight is 688 g/mol. The first-order valence-electron chi connectivity index (χ1n) is 18.8. The first kappa shape index (κ1) is 45.5. The van der Waals surface area contributed by atoms with E-state index < -0.39 is 32.5 Å². The number of nitrogens with two attached hydrogens (primary N) is 1. The smallest absolute Gasteiger partial charge is 0.462 e. The number of hydrogen-bond donors (Lipinski definition) is 2. The molecule has 0 amide bonds. The number of ether oxygens (including phenoxy) is 2. The van der Waals surface area contributed by atoms with Crippen molar-refractivity contribution in [3.63, 3.8) is 0 Å². The Labute approximate surface area is 287 Å². The highest BCUT2D eigenvalue weighted by molar-refractivity contribution is 7.47. The maximum absolute atomic E-state index is 12.5. The number of rotatable bonds is 35. The molecule has 0 saturated carbocycles. The molecule has 0 rings (SSSR count). The molecule has 276 valence electrons. The SMILES string of the molecule is CCCCC/C=C\CCCCCCCC(=O)OC[C@H](COP(=O)(O)OCCN)OC(=O)CCCCCCC/C=C\CCCCCCC. The largest absolute Gasteiger partial charge is 0.472 e. The van der Waals surface area contributed by atoms with Gasteiger partial charge in [-0.05, 0) is 64.2 Å². The molecule has 0 fully saturated rings. The molecule has 0 heterocycles. The van der Waals surface area contributed by atoms with Gasteiger partial charge >= 0.3 is 19.8 Å². The lowest BCUT2D eigenvalue weighted by atomic mass is 10.1. The van der Waals surface area contributed by atoms with Gasteiger partial charge in [0.25, 0.3) is 0 Å². The topological polar surface area (TPSA) is 134 Å². The first-order chi connectivity index (χ1) is 22.8. The molecule has 0 radical (unpaired) electrons. The van der Waals surface area contributed by atoms with Crippen molar-refractivity contribution in [3.05, 3.63) is 24.3 Å². The van der Waals surface area contributed by atoms with E-state index in [1.54, 1.807) is 0 Å². The van der Waals surface area contributed by atoms with Gasteiger partial charge in [-0.3, -0.25) is 18.6 Å². The normalized spacial score (nSPS) is 13.7. The van der Waals surface area contributed by atoms with E-state index in [1.807, 2.05) is 0 Å². The second kappa shape index (κ2) is 34.4. The molecular formula is C37H70NO8P. The second-order valence-electron chi connectivity index (χ2n) is 12.4. The molecule has 0 spiro atoms. The fraction of sp³-hybridized carbons (Fsp3) is 0.838. The number of unbranched alkanes of at least 4 members (excludes halogenated alkanes) is 18. The molecule has 0 aliphatic carbocycles. The predicted octanol–water partition coefficient (Wildman–Crippen LogP) is 10.0. The second-order valence-corrected chi connectivity index (χ2v) is 13.9. The maximum Gasteiger partial charge on any atom is 0.472 e. The summed E-state index contributed by atoms with van der Waals surface area (Å²) in [6.45, 7) is 3.66. The van der Waals surface area contributed by atoms with E-state index in [0.717, 1.165) is 70.6 Å². The molecule has 9 nitrogen and oxygen atoms in total. The Morgan fingerprint density at radius 3 is 1.55 bits per heavy atom. The van der Waals surface area contributed by atoms with E-state index in [-0.39, 0.29) is 32.6 Å². The Bertz CT molecular complexity index is 835. The highest BCUT2D eigenvalue weighted by atomic mass is 31.2. The van der Waals surface area contributed by atoms with Crippen molar-refractivity contribution in [2.24, 2.45) is 5.73 Å². The van der Waals surface area contributed by atoms with Gasteiger partial charge in [0.15, 0.2) is 6.10 Å². The van der Waals surface area contributed by atoms with Crippen LogP contribution in [-0.4, -0.2) is 49.3 Å².